The van der Waals surface area contributed by atoms with Gasteiger partial charge in [-0.2, -0.15) is 5.10 Å². The van der Waals surface area contributed by atoms with Gasteiger partial charge in [0.15, 0.2) is 5.82 Å². The van der Waals surface area contributed by atoms with Gasteiger partial charge in [0.05, 0.1) is 0 Å². The maximum atomic E-state index is 14.6. The summed E-state index contributed by atoms with van der Waals surface area (Å²) in [5, 5.41) is 25.8. The van der Waals surface area contributed by atoms with Gasteiger partial charge in [0.1, 0.15) is 36.2 Å². The summed E-state index contributed by atoms with van der Waals surface area (Å²) in [5.41, 5.74) is -0.1000. The second kappa shape index (κ2) is 7.51. The number of aromatic amines is 1. The zero-order valence-electron chi connectivity index (χ0n) is 15.5. The minimum atomic E-state index is -1.70. The molecule has 2 N–H and O–H groups in total. The third kappa shape index (κ3) is 3.64. The van der Waals surface area contributed by atoms with Crippen LogP contribution in [0.15, 0.2) is 61.4 Å². The molecule has 148 valence electrons. The largest absolute Gasteiger partial charge is 0.384 e. The molecule has 7 nitrogen and oxygen atoms in total. The minimum Gasteiger partial charge on any atom is -0.384 e. The maximum absolute atomic E-state index is 14.6. The molecule has 4 aromatic rings. The van der Waals surface area contributed by atoms with Crippen LogP contribution in [-0.4, -0.2) is 35.1 Å². The summed E-state index contributed by atoms with van der Waals surface area (Å²) in [4.78, 5) is 4.06. The molecule has 0 saturated carbocycles. The molecule has 2 aromatic heterocycles. The third-order valence-corrected chi connectivity index (χ3v) is 5.12. The second-order valence-electron chi connectivity index (χ2n) is 6.82. The van der Waals surface area contributed by atoms with Crippen LogP contribution >= 0.6 is 0 Å². The Hall–Kier alpha value is -3.46. The molecule has 0 amide bonds. The average molecular weight is 396 g/mol. The highest BCUT2D eigenvalue weighted by molar-refractivity contribution is 5.38. The summed E-state index contributed by atoms with van der Waals surface area (Å²) in [6.07, 6.45) is 4.49. The Balaban J connectivity index is 1.74. The van der Waals surface area contributed by atoms with E-state index in [0.717, 1.165) is 23.4 Å². The molecular formula is C20H18F2N6O. The summed E-state index contributed by atoms with van der Waals surface area (Å²) in [6, 6.07) is 10.5. The van der Waals surface area contributed by atoms with Gasteiger partial charge in [0.2, 0.25) is 0 Å². The molecule has 0 saturated heterocycles. The zero-order chi connectivity index (χ0) is 20.4. The Kier molecular flexibility index (Phi) is 4.89. The highest BCUT2D eigenvalue weighted by Gasteiger charge is 2.40. The van der Waals surface area contributed by atoms with Crippen LogP contribution in [-0.2, 0) is 12.0 Å². The number of hydrogen-bond donors (Lipinski definition) is 2. The molecule has 0 aliphatic heterocycles. The van der Waals surface area contributed by atoms with E-state index in [4.69, 9.17) is 0 Å². The van der Waals surface area contributed by atoms with E-state index in [1.54, 1.807) is 24.1 Å². The van der Waals surface area contributed by atoms with Crippen molar-refractivity contribution in [2.24, 2.45) is 0 Å². The summed E-state index contributed by atoms with van der Waals surface area (Å²) < 4.78 is 29.8. The van der Waals surface area contributed by atoms with Crippen LogP contribution < -0.4 is 0 Å². The van der Waals surface area contributed by atoms with Gasteiger partial charge in [-0.25, -0.2) is 13.8 Å². The highest BCUT2D eigenvalue weighted by Crippen LogP contribution is 2.40. The molecule has 0 aliphatic carbocycles. The molecule has 4 rings (SSSR count). The van der Waals surface area contributed by atoms with Gasteiger partial charge >= 0.3 is 0 Å². The van der Waals surface area contributed by atoms with E-state index >= 15 is 0 Å². The van der Waals surface area contributed by atoms with Crippen LogP contribution in [0.4, 0.5) is 8.78 Å². The molecule has 2 aromatic carbocycles. The Labute approximate surface area is 165 Å². The fourth-order valence-electron chi connectivity index (χ4n) is 3.43. The first kappa shape index (κ1) is 18.9. The fraction of sp³-hybridized carbons (Fsp3) is 0.200. The van der Waals surface area contributed by atoms with Gasteiger partial charge in [-0.3, -0.25) is 9.67 Å². The van der Waals surface area contributed by atoms with Crippen LogP contribution in [0.25, 0.3) is 5.69 Å². The fourth-order valence-corrected chi connectivity index (χ4v) is 3.43. The summed E-state index contributed by atoms with van der Waals surface area (Å²) in [6.45, 7) is 1.78. The van der Waals surface area contributed by atoms with Crippen molar-refractivity contribution in [1.82, 2.24) is 29.9 Å². The van der Waals surface area contributed by atoms with Gasteiger partial charge in [-0.05, 0) is 23.8 Å². The lowest BCUT2D eigenvalue weighted by molar-refractivity contribution is 0.00742. The Morgan fingerprint density at radius 1 is 1.10 bits per heavy atom. The van der Waals surface area contributed by atoms with Gasteiger partial charge in [0.25, 0.3) is 0 Å². The first-order valence-corrected chi connectivity index (χ1v) is 8.95. The lowest BCUT2D eigenvalue weighted by atomic mass is 9.76. The summed E-state index contributed by atoms with van der Waals surface area (Å²) in [5.74, 6) is -1.76. The topological polar surface area (TPSA) is 92.5 Å². The smallest absolute Gasteiger partial charge is 0.153 e. The van der Waals surface area contributed by atoms with Crippen molar-refractivity contribution in [3.8, 4) is 5.69 Å². The minimum absolute atomic E-state index is 0.0147. The van der Waals surface area contributed by atoms with E-state index in [0.29, 0.717) is 5.82 Å². The molecule has 0 radical (unpaired) electrons. The van der Waals surface area contributed by atoms with Crippen LogP contribution in [0.3, 0.4) is 0 Å². The van der Waals surface area contributed by atoms with Crippen molar-refractivity contribution in [2.45, 2.75) is 24.9 Å². The zero-order valence-corrected chi connectivity index (χ0v) is 15.5. The molecule has 29 heavy (non-hydrogen) atoms. The molecule has 0 unspecified atom stereocenters. The predicted octanol–water partition coefficient (Wildman–Crippen LogP) is 2.90. The van der Waals surface area contributed by atoms with Crippen LogP contribution in [0.5, 0.6) is 0 Å². The number of hydrogen-bond acceptors (Lipinski definition) is 5. The first-order valence-electron chi connectivity index (χ1n) is 8.95. The van der Waals surface area contributed by atoms with Gasteiger partial charge in [-0.15, -0.1) is 10.2 Å². The van der Waals surface area contributed by atoms with Crippen molar-refractivity contribution < 1.29 is 13.9 Å². The van der Waals surface area contributed by atoms with Crippen molar-refractivity contribution in [3.63, 3.8) is 0 Å². The number of halogens is 2. The average Bonchev–Trinajstić information content (AvgIpc) is 3.41. The molecule has 0 aliphatic rings. The number of aliphatic hydroxyl groups is 1. The van der Waals surface area contributed by atoms with Crippen molar-refractivity contribution in [2.75, 3.05) is 0 Å². The molecule has 0 bridgehead atoms. The van der Waals surface area contributed by atoms with Gasteiger partial charge < -0.3 is 5.11 Å². The van der Waals surface area contributed by atoms with Gasteiger partial charge in [-0.1, -0.05) is 25.1 Å². The van der Waals surface area contributed by atoms with E-state index in [9.17, 15) is 13.9 Å². The van der Waals surface area contributed by atoms with E-state index < -0.39 is 23.2 Å². The quantitative estimate of drug-likeness (QED) is 0.523. The Morgan fingerprint density at radius 2 is 1.83 bits per heavy atom. The monoisotopic (exact) mass is 396 g/mol. The second-order valence-corrected chi connectivity index (χ2v) is 6.82. The highest BCUT2D eigenvalue weighted by atomic mass is 19.1. The van der Waals surface area contributed by atoms with E-state index in [1.165, 1.54) is 12.4 Å². The lowest BCUT2D eigenvalue weighted by Crippen LogP contribution is -2.36. The number of benzene rings is 2. The molecular weight excluding hydrogens is 378 g/mol. The first-order chi connectivity index (χ1) is 14.0. The van der Waals surface area contributed by atoms with Crippen molar-refractivity contribution in [3.05, 3.63) is 90.0 Å². The van der Waals surface area contributed by atoms with Crippen LogP contribution in [0.2, 0.25) is 0 Å². The molecule has 2 atom stereocenters. The summed E-state index contributed by atoms with van der Waals surface area (Å²) in [7, 11) is 0. The molecule has 0 fully saturated rings. The standard InChI is InChI=1S/C20H18F2N6O/c1-13(14-2-5-16(6-3-14)28-11-25-26-12-28)20(29,9-19-23-10-24-27-19)17-7-4-15(21)8-18(17)22/h2-8,10-13,29H,9H2,1H3,(H,23,24,27)/t13-,20+/m0/s1. The third-order valence-electron chi connectivity index (χ3n) is 5.12. The van der Waals surface area contributed by atoms with E-state index in [2.05, 4.69) is 25.4 Å². The summed E-state index contributed by atoms with van der Waals surface area (Å²) >= 11 is 0. The van der Waals surface area contributed by atoms with Crippen molar-refractivity contribution in [1.29, 1.82) is 0 Å². The van der Waals surface area contributed by atoms with E-state index in [-0.39, 0.29) is 12.0 Å². The number of nitrogens with one attached hydrogen (secondary N) is 1. The SMILES string of the molecule is C[C@@H](c1ccc(-n2cnnc2)cc1)[C@](O)(Cc1nc[nH]n1)c1ccc(F)cc1F. The molecule has 9 heteroatoms. The predicted molar refractivity (Wildman–Crippen MR) is 100 cm³/mol. The lowest BCUT2D eigenvalue weighted by Gasteiger charge is -2.34. The Bertz CT molecular complexity index is 1080. The van der Waals surface area contributed by atoms with Gasteiger partial charge in [0, 0.05) is 29.7 Å². The number of nitrogens with zero attached hydrogens (tertiary/aromatic N) is 5. The number of aromatic nitrogens is 6. The molecule has 2 heterocycles. The van der Waals surface area contributed by atoms with Crippen molar-refractivity contribution >= 4 is 0 Å². The van der Waals surface area contributed by atoms with Crippen LogP contribution in [0.1, 0.15) is 29.8 Å². The van der Waals surface area contributed by atoms with E-state index in [1.807, 2.05) is 24.3 Å². The normalized spacial score (nSPS) is 14.5. The molecule has 0 spiro atoms. The number of H-pyrrole nitrogens is 1. The van der Waals surface area contributed by atoms with Crippen LogP contribution in [0, 0.1) is 11.6 Å². The number of rotatable bonds is 6. The Morgan fingerprint density at radius 3 is 2.45 bits per heavy atom. The maximum Gasteiger partial charge on any atom is 0.153 e.